The Balaban J connectivity index is 1.77. The summed E-state index contributed by atoms with van der Waals surface area (Å²) in [6, 6.07) is 4.06. The fraction of sp³-hybridized carbons (Fsp3) is 0.467. The molecule has 2 aliphatic carbocycles. The molecule has 2 amide bonds. The van der Waals surface area contributed by atoms with Gasteiger partial charge in [-0.3, -0.25) is 9.59 Å². The van der Waals surface area contributed by atoms with Crippen molar-refractivity contribution in [2.75, 3.05) is 4.90 Å². The van der Waals surface area contributed by atoms with Gasteiger partial charge in [0.2, 0.25) is 11.8 Å². The SMILES string of the molecule is O=C1[C@@H]2[C@H]3CC[C@@H](C3)[C@@H]2C(=O)N1c1ccc(Cl)cc1F. The van der Waals surface area contributed by atoms with E-state index >= 15 is 0 Å². The Morgan fingerprint density at radius 2 is 1.70 bits per heavy atom. The number of anilines is 1. The van der Waals surface area contributed by atoms with Crippen LogP contribution in [0.2, 0.25) is 5.02 Å². The Morgan fingerprint density at radius 3 is 2.25 bits per heavy atom. The number of halogens is 2. The monoisotopic (exact) mass is 293 g/mol. The zero-order chi connectivity index (χ0) is 14.0. The molecular formula is C15H13ClFNO2. The van der Waals surface area contributed by atoms with Gasteiger partial charge in [0.1, 0.15) is 5.82 Å². The van der Waals surface area contributed by atoms with E-state index in [1.54, 1.807) is 0 Å². The van der Waals surface area contributed by atoms with Gasteiger partial charge in [-0.05, 0) is 49.3 Å². The molecule has 0 spiro atoms. The molecule has 4 atom stereocenters. The molecule has 1 heterocycles. The maximum atomic E-state index is 14.0. The van der Waals surface area contributed by atoms with Gasteiger partial charge >= 0.3 is 0 Å². The predicted octanol–water partition coefficient (Wildman–Crippen LogP) is 3.01. The first-order valence-electron chi connectivity index (χ1n) is 6.91. The Bertz CT molecular complexity index is 604. The number of nitrogens with zero attached hydrogens (tertiary/aromatic N) is 1. The molecule has 2 saturated carbocycles. The second-order valence-electron chi connectivity index (χ2n) is 5.99. The van der Waals surface area contributed by atoms with Gasteiger partial charge in [0.15, 0.2) is 0 Å². The third-order valence-electron chi connectivity index (χ3n) is 5.08. The first kappa shape index (κ1) is 12.3. The van der Waals surface area contributed by atoms with E-state index in [0.717, 1.165) is 30.2 Å². The zero-order valence-electron chi connectivity index (χ0n) is 10.7. The molecule has 4 rings (SSSR count). The van der Waals surface area contributed by atoms with Crippen LogP contribution < -0.4 is 4.90 Å². The largest absolute Gasteiger partial charge is 0.274 e. The van der Waals surface area contributed by atoms with Gasteiger partial charge in [0.05, 0.1) is 17.5 Å². The Morgan fingerprint density at radius 1 is 1.10 bits per heavy atom. The third-order valence-corrected chi connectivity index (χ3v) is 5.31. The van der Waals surface area contributed by atoms with Crippen LogP contribution in [-0.2, 0) is 9.59 Å². The quantitative estimate of drug-likeness (QED) is 0.747. The summed E-state index contributed by atoms with van der Waals surface area (Å²) in [5, 5.41) is 0.255. The lowest BCUT2D eigenvalue weighted by Gasteiger charge is -2.19. The number of carbonyl (C=O) groups is 2. The van der Waals surface area contributed by atoms with E-state index in [1.807, 2.05) is 0 Å². The molecule has 3 aliphatic rings. The number of benzene rings is 1. The number of imide groups is 1. The van der Waals surface area contributed by atoms with E-state index in [1.165, 1.54) is 12.1 Å². The minimum Gasteiger partial charge on any atom is -0.274 e. The minimum atomic E-state index is -0.619. The van der Waals surface area contributed by atoms with Crippen molar-refractivity contribution in [3.8, 4) is 0 Å². The van der Waals surface area contributed by atoms with Crippen LogP contribution in [0.4, 0.5) is 10.1 Å². The highest BCUT2D eigenvalue weighted by Crippen LogP contribution is 2.56. The summed E-state index contributed by atoms with van der Waals surface area (Å²) in [6.07, 6.45) is 3.01. The van der Waals surface area contributed by atoms with Crippen LogP contribution >= 0.6 is 11.6 Å². The fourth-order valence-corrected chi connectivity index (χ4v) is 4.47. The normalized spacial score (nSPS) is 35.0. The highest BCUT2D eigenvalue weighted by atomic mass is 35.5. The number of fused-ring (bicyclic) bond motifs is 5. The molecular weight excluding hydrogens is 281 g/mol. The fourth-order valence-electron chi connectivity index (χ4n) is 4.31. The van der Waals surface area contributed by atoms with E-state index in [2.05, 4.69) is 0 Å². The summed E-state index contributed by atoms with van der Waals surface area (Å²) in [6.45, 7) is 0. The van der Waals surface area contributed by atoms with Gasteiger partial charge in [-0.2, -0.15) is 0 Å². The Labute approximate surface area is 120 Å². The summed E-state index contributed by atoms with van der Waals surface area (Å²) in [5.74, 6) is -0.912. The molecule has 0 aromatic heterocycles. The second-order valence-corrected chi connectivity index (χ2v) is 6.43. The number of carbonyl (C=O) groups excluding carboxylic acids is 2. The number of rotatable bonds is 1. The molecule has 3 nitrogen and oxygen atoms in total. The van der Waals surface area contributed by atoms with Gasteiger partial charge < -0.3 is 0 Å². The van der Waals surface area contributed by atoms with Crippen molar-refractivity contribution in [2.24, 2.45) is 23.7 Å². The van der Waals surface area contributed by atoms with Crippen LogP contribution in [0.25, 0.3) is 0 Å². The van der Waals surface area contributed by atoms with Crippen molar-refractivity contribution >= 4 is 29.1 Å². The van der Waals surface area contributed by atoms with Crippen molar-refractivity contribution in [1.29, 1.82) is 0 Å². The first-order valence-corrected chi connectivity index (χ1v) is 7.28. The molecule has 5 heteroatoms. The van der Waals surface area contributed by atoms with Crippen LogP contribution in [0.5, 0.6) is 0 Å². The molecule has 104 valence electrons. The van der Waals surface area contributed by atoms with Crippen molar-refractivity contribution in [3.63, 3.8) is 0 Å². The van der Waals surface area contributed by atoms with E-state index < -0.39 is 5.82 Å². The van der Waals surface area contributed by atoms with Crippen molar-refractivity contribution in [2.45, 2.75) is 19.3 Å². The van der Waals surface area contributed by atoms with Crippen LogP contribution in [0.3, 0.4) is 0 Å². The molecule has 20 heavy (non-hydrogen) atoms. The van der Waals surface area contributed by atoms with E-state index in [9.17, 15) is 14.0 Å². The van der Waals surface area contributed by atoms with Crippen molar-refractivity contribution in [3.05, 3.63) is 29.0 Å². The van der Waals surface area contributed by atoms with Crippen LogP contribution in [0, 0.1) is 29.5 Å². The third kappa shape index (κ3) is 1.46. The molecule has 1 aliphatic heterocycles. The van der Waals surface area contributed by atoms with Crippen LogP contribution in [0.1, 0.15) is 19.3 Å². The maximum absolute atomic E-state index is 14.0. The molecule has 0 N–H and O–H groups in total. The standard InChI is InChI=1S/C15H13ClFNO2/c16-9-3-4-11(10(17)6-9)18-14(19)12-7-1-2-8(5-7)13(12)15(18)20/h3-4,6-8,12-13H,1-2,5H2/t7-,8-,12-,13+/m0/s1. The average Bonchev–Trinajstić information content (AvgIpc) is 3.06. The smallest absolute Gasteiger partial charge is 0.238 e. The number of amides is 2. The van der Waals surface area contributed by atoms with Gasteiger partial charge in [0, 0.05) is 5.02 Å². The lowest BCUT2D eigenvalue weighted by molar-refractivity contribution is -0.123. The molecule has 0 unspecified atom stereocenters. The van der Waals surface area contributed by atoms with Gasteiger partial charge in [-0.15, -0.1) is 0 Å². The summed E-state index contributed by atoms with van der Waals surface area (Å²) < 4.78 is 14.0. The van der Waals surface area contributed by atoms with E-state index in [0.29, 0.717) is 11.8 Å². The van der Waals surface area contributed by atoms with Gasteiger partial charge in [-0.25, -0.2) is 9.29 Å². The molecule has 1 saturated heterocycles. The maximum Gasteiger partial charge on any atom is 0.238 e. The molecule has 0 radical (unpaired) electrons. The predicted molar refractivity (Wildman–Crippen MR) is 71.7 cm³/mol. The van der Waals surface area contributed by atoms with E-state index in [4.69, 9.17) is 11.6 Å². The van der Waals surface area contributed by atoms with Crippen LogP contribution in [-0.4, -0.2) is 11.8 Å². The van der Waals surface area contributed by atoms with Crippen molar-refractivity contribution < 1.29 is 14.0 Å². The summed E-state index contributed by atoms with van der Waals surface area (Å²) in [4.78, 5) is 26.1. The molecule has 1 aromatic rings. The molecule has 1 aromatic carbocycles. The van der Waals surface area contributed by atoms with Gasteiger partial charge in [-0.1, -0.05) is 11.6 Å². The second kappa shape index (κ2) is 4.04. The number of hydrogen-bond acceptors (Lipinski definition) is 2. The van der Waals surface area contributed by atoms with Crippen LogP contribution in [0.15, 0.2) is 18.2 Å². The lowest BCUT2D eigenvalue weighted by Crippen LogP contribution is -2.33. The lowest BCUT2D eigenvalue weighted by atomic mass is 9.81. The van der Waals surface area contributed by atoms with Gasteiger partial charge in [0.25, 0.3) is 0 Å². The Kier molecular flexibility index (Phi) is 2.49. The topological polar surface area (TPSA) is 37.4 Å². The van der Waals surface area contributed by atoms with E-state index in [-0.39, 0.29) is 34.4 Å². The number of hydrogen-bond donors (Lipinski definition) is 0. The Hall–Kier alpha value is -1.42. The summed E-state index contributed by atoms with van der Waals surface area (Å²) >= 11 is 5.72. The summed E-state index contributed by atoms with van der Waals surface area (Å²) in [5.41, 5.74) is 0.0400. The minimum absolute atomic E-state index is 0.0400. The average molecular weight is 294 g/mol. The van der Waals surface area contributed by atoms with Crippen molar-refractivity contribution in [1.82, 2.24) is 0 Å². The first-order chi connectivity index (χ1) is 9.58. The molecule has 2 bridgehead atoms. The summed E-state index contributed by atoms with van der Waals surface area (Å²) in [7, 11) is 0. The molecule has 3 fully saturated rings. The zero-order valence-corrected chi connectivity index (χ0v) is 11.4. The highest BCUT2D eigenvalue weighted by Gasteiger charge is 2.61. The highest BCUT2D eigenvalue weighted by molar-refractivity contribution is 6.31.